The third-order valence-corrected chi connectivity index (χ3v) is 3.12. The van der Waals surface area contributed by atoms with Crippen LogP contribution in [0, 0.1) is 0 Å². The van der Waals surface area contributed by atoms with Crippen molar-refractivity contribution in [1.29, 1.82) is 0 Å². The zero-order valence-electron chi connectivity index (χ0n) is 11.3. The maximum atomic E-state index is 10.8. The van der Waals surface area contributed by atoms with Crippen LogP contribution in [-0.2, 0) is 11.2 Å². The minimum atomic E-state index is -0.488. The lowest BCUT2D eigenvalue weighted by Crippen LogP contribution is -2.05. The molecule has 3 N–H and O–H groups in total. The highest BCUT2D eigenvalue weighted by Gasteiger charge is 2.06. The lowest BCUT2D eigenvalue weighted by molar-refractivity contribution is -0.113. The van der Waals surface area contributed by atoms with E-state index < -0.39 is 5.91 Å². The summed E-state index contributed by atoms with van der Waals surface area (Å²) < 4.78 is 0. The first-order chi connectivity index (χ1) is 10.2. The highest BCUT2D eigenvalue weighted by atomic mass is 16.1. The zero-order chi connectivity index (χ0) is 14.7. The molecule has 0 saturated heterocycles. The van der Waals surface area contributed by atoms with Gasteiger partial charge in [0.15, 0.2) is 5.65 Å². The molecule has 0 bridgehead atoms. The number of nitrogens with two attached hydrogens (primary N) is 1. The molecule has 0 atom stereocenters. The summed E-state index contributed by atoms with van der Waals surface area (Å²) in [7, 11) is 0. The average Bonchev–Trinajstić information content (AvgIpc) is 2.88. The maximum absolute atomic E-state index is 10.8. The number of aromatic amines is 1. The van der Waals surface area contributed by atoms with Crippen LogP contribution in [0.5, 0.6) is 0 Å². The van der Waals surface area contributed by atoms with Crippen LogP contribution in [0.15, 0.2) is 48.8 Å². The number of benzene rings is 1. The largest absolute Gasteiger partial charge is 0.366 e. The summed E-state index contributed by atoms with van der Waals surface area (Å²) in [6.07, 6.45) is 7.19. The van der Waals surface area contributed by atoms with Gasteiger partial charge in [0.05, 0.1) is 11.9 Å². The van der Waals surface area contributed by atoms with Gasteiger partial charge in [-0.05, 0) is 11.6 Å². The smallest absolute Gasteiger partial charge is 0.241 e. The molecule has 0 aliphatic rings. The number of carbonyl (C=O) groups is 1. The molecule has 0 unspecified atom stereocenters. The van der Waals surface area contributed by atoms with Gasteiger partial charge in [0.2, 0.25) is 5.91 Å². The van der Waals surface area contributed by atoms with Gasteiger partial charge in [0.1, 0.15) is 5.52 Å². The third-order valence-electron chi connectivity index (χ3n) is 3.12. The van der Waals surface area contributed by atoms with E-state index in [0.717, 1.165) is 16.8 Å². The van der Waals surface area contributed by atoms with Gasteiger partial charge in [0, 0.05) is 24.3 Å². The van der Waals surface area contributed by atoms with Crippen molar-refractivity contribution in [2.75, 3.05) is 0 Å². The Labute approximate surface area is 121 Å². The van der Waals surface area contributed by atoms with E-state index in [-0.39, 0.29) is 0 Å². The number of hydrogen-bond donors (Lipinski definition) is 2. The molecule has 21 heavy (non-hydrogen) atoms. The number of primary amides is 1. The number of hydrogen-bond acceptors (Lipinski definition) is 3. The van der Waals surface area contributed by atoms with Gasteiger partial charge in [-0.25, -0.2) is 9.97 Å². The van der Waals surface area contributed by atoms with Gasteiger partial charge in [0.25, 0.3) is 0 Å². The highest BCUT2D eigenvalue weighted by molar-refractivity contribution is 5.93. The lowest BCUT2D eigenvalue weighted by atomic mass is 10.1. The van der Waals surface area contributed by atoms with E-state index >= 15 is 0 Å². The average molecular weight is 278 g/mol. The molecule has 0 radical (unpaired) electrons. The molecule has 0 fully saturated rings. The number of carbonyl (C=O) groups excluding carboxylic acids is 1. The molecule has 5 nitrogen and oxygen atoms in total. The van der Waals surface area contributed by atoms with Gasteiger partial charge < -0.3 is 10.7 Å². The highest BCUT2D eigenvalue weighted by Crippen LogP contribution is 2.17. The quantitative estimate of drug-likeness (QED) is 0.716. The van der Waals surface area contributed by atoms with Crippen LogP contribution in [-0.4, -0.2) is 20.9 Å². The van der Waals surface area contributed by atoms with E-state index in [1.165, 1.54) is 11.6 Å². The van der Waals surface area contributed by atoms with E-state index in [9.17, 15) is 4.79 Å². The fraction of sp³-hybridized carbons (Fsp3) is 0.0625. The van der Waals surface area contributed by atoms with Crippen LogP contribution >= 0.6 is 0 Å². The van der Waals surface area contributed by atoms with Crippen molar-refractivity contribution >= 4 is 23.1 Å². The number of nitrogens with one attached hydrogen (secondary N) is 1. The van der Waals surface area contributed by atoms with Crippen LogP contribution in [0.1, 0.15) is 16.8 Å². The molecule has 3 aromatic rings. The van der Waals surface area contributed by atoms with E-state index in [1.807, 2.05) is 18.2 Å². The van der Waals surface area contributed by atoms with Crippen LogP contribution in [0.4, 0.5) is 0 Å². The second kappa shape index (κ2) is 5.58. The maximum Gasteiger partial charge on any atom is 0.241 e. The Morgan fingerprint density at radius 3 is 2.86 bits per heavy atom. The first-order valence-corrected chi connectivity index (χ1v) is 6.57. The van der Waals surface area contributed by atoms with Crippen LogP contribution in [0.3, 0.4) is 0 Å². The van der Waals surface area contributed by atoms with Gasteiger partial charge in [-0.3, -0.25) is 4.79 Å². The normalized spacial score (nSPS) is 11.2. The minimum absolute atomic E-state index is 0.488. The summed E-state index contributed by atoms with van der Waals surface area (Å²) in [5, 5.41) is 0. The molecule has 3 rings (SSSR count). The van der Waals surface area contributed by atoms with Crippen LogP contribution < -0.4 is 5.73 Å². The molecular formula is C16H14N4O. The SMILES string of the molecule is NC(=O)C=Cc1c[nH]c2ncc(Cc3ccccc3)nc12. The molecule has 1 aromatic carbocycles. The van der Waals surface area contributed by atoms with Crippen LogP contribution in [0.25, 0.3) is 17.2 Å². The van der Waals surface area contributed by atoms with Crippen molar-refractivity contribution < 1.29 is 4.79 Å². The fourth-order valence-electron chi connectivity index (χ4n) is 2.14. The molecule has 104 valence electrons. The lowest BCUT2D eigenvalue weighted by Gasteiger charge is -2.01. The van der Waals surface area contributed by atoms with E-state index in [4.69, 9.17) is 5.73 Å². The monoisotopic (exact) mass is 278 g/mol. The molecule has 0 aliphatic carbocycles. The topological polar surface area (TPSA) is 84.7 Å². The van der Waals surface area contributed by atoms with Gasteiger partial charge in [-0.15, -0.1) is 0 Å². The van der Waals surface area contributed by atoms with Gasteiger partial charge in [-0.1, -0.05) is 30.3 Å². The van der Waals surface area contributed by atoms with Crippen molar-refractivity contribution in [2.45, 2.75) is 6.42 Å². The molecule has 2 heterocycles. The van der Waals surface area contributed by atoms with E-state index in [1.54, 1.807) is 18.5 Å². The predicted octanol–water partition coefficient (Wildman–Crippen LogP) is 2.05. The Morgan fingerprint density at radius 2 is 2.10 bits per heavy atom. The first-order valence-electron chi connectivity index (χ1n) is 6.57. The number of nitrogens with zero attached hydrogens (tertiary/aromatic N) is 2. The number of aromatic nitrogens is 3. The molecule has 2 aromatic heterocycles. The van der Waals surface area contributed by atoms with Crippen molar-refractivity contribution in [3.05, 3.63) is 65.6 Å². The Balaban J connectivity index is 1.95. The van der Waals surface area contributed by atoms with E-state index in [0.29, 0.717) is 12.1 Å². The summed E-state index contributed by atoms with van der Waals surface area (Å²) in [5.41, 5.74) is 9.39. The minimum Gasteiger partial charge on any atom is -0.366 e. The molecule has 0 spiro atoms. The summed E-state index contributed by atoms with van der Waals surface area (Å²) in [6, 6.07) is 10.1. The number of H-pyrrole nitrogens is 1. The molecule has 0 saturated carbocycles. The zero-order valence-corrected chi connectivity index (χ0v) is 11.3. The third kappa shape index (κ3) is 2.97. The predicted molar refractivity (Wildman–Crippen MR) is 81.4 cm³/mol. The Morgan fingerprint density at radius 1 is 1.29 bits per heavy atom. The van der Waals surface area contributed by atoms with E-state index in [2.05, 4.69) is 27.1 Å². The number of amides is 1. The molecule has 1 amide bonds. The molecule has 0 aliphatic heterocycles. The Bertz CT molecular complexity index is 806. The Kier molecular flexibility index (Phi) is 3.47. The van der Waals surface area contributed by atoms with Crippen molar-refractivity contribution in [3.63, 3.8) is 0 Å². The van der Waals surface area contributed by atoms with Crippen LogP contribution in [0.2, 0.25) is 0 Å². The second-order valence-electron chi connectivity index (χ2n) is 4.70. The summed E-state index contributed by atoms with van der Waals surface area (Å²) >= 11 is 0. The summed E-state index contributed by atoms with van der Waals surface area (Å²) in [5.74, 6) is -0.488. The molecular weight excluding hydrogens is 264 g/mol. The molecule has 5 heteroatoms. The van der Waals surface area contributed by atoms with Crippen molar-refractivity contribution in [1.82, 2.24) is 15.0 Å². The van der Waals surface area contributed by atoms with Crippen molar-refractivity contribution in [2.24, 2.45) is 5.73 Å². The fourth-order valence-corrected chi connectivity index (χ4v) is 2.14. The van der Waals surface area contributed by atoms with Gasteiger partial charge in [-0.2, -0.15) is 0 Å². The summed E-state index contributed by atoms with van der Waals surface area (Å²) in [4.78, 5) is 22.8. The standard InChI is InChI=1S/C16H14N4O/c17-14(21)7-6-12-9-18-16-15(12)20-13(10-19-16)8-11-4-2-1-3-5-11/h1-7,9-10H,8H2,(H2,17,21)(H,18,19). The Hall–Kier alpha value is -2.95. The first kappa shape index (κ1) is 13.1. The second-order valence-corrected chi connectivity index (χ2v) is 4.70. The van der Waals surface area contributed by atoms with Crippen molar-refractivity contribution in [3.8, 4) is 0 Å². The number of fused-ring (bicyclic) bond motifs is 1. The summed E-state index contributed by atoms with van der Waals surface area (Å²) in [6.45, 7) is 0. The van der Waals surface area contributed by atoms with Gasteiger partial charge >= 0.3 is 0 Å². The number of rotatable bonds is 4.